The maximum Gasteiger partial charge on any atom is 0.163 e. The second kappa shape index (κ2) is 11.8. The van der Waals surface area contributed by atoms with Gasteiger partial charge < -0.3 is 29.0 Å². The first-order chi connectivity index (χ1) is 19.1. The summed E-state index contributed by atoms with van der Waals surface area (Å²) < 4.78 is 18.2. The SMILES string of the molecule is COc1cc2c3c(c(-c4ccc(C)o4)nc2cc1OCCCN1CCCC1)CC[C@@H](CC1CCN(C)CC1)N3. The molecule has 0 bridgehead atoms. The number of pyridine rings is 1. The number of ether oxygens (including phenoxy) is 2. The summed E-state index contributed by atoms with van der Waals surface area (Å²) in [5, 5.41) is 5.08. The Morgan fingerprint density at radius 2 is 1.87 bits per heavy atom. The summed E-state index contributed by atoms with van der Waals surface area (Å²) in [5.41, 5.74) is 4.30. The standard InChI is InChI=1S/C32H44N4O3/c1-22-7-10-28(39-22)32-25-9-8-24(19-23-11-16-35(2)17-12-23)33-31(25)26-20-29(37-3)30(21-27(26)34-32)38-18-6-15-36-13-4-5-14-36/h7,10,20-21,23-24,33H,4-6,8-9,11-19H2,1-3H3/t24-/m0/s1. The molecule has 6 rings (SSSR count). The molecule has 0 radical (unpaired) electrons. The van der Waals surface area contributed by atoms with Gasteiger partial charge in [-0.25, -0.2) is 4.98 Å². The van der Waals surface area contributed by atoms with Gasteiger partial charge in [-0.1, -0.05) is 0 Å². The van der Waals surface area contributed by atoms with Gasteiger partial charge in [0.15, 0.2) is 17.3 Å². The molecule has 0 saturated carbocycles. The molecule has 2 fully saturated rings. The zero-order valence-corrected chi connectivity index (χ0v) is 23.9. The van der Waals surface area contributed by atoms with Gasteiger partial charge in [-0.05, 0) is 116 Å². The van der Waals surface area contributed by atoms with Crippen LogP contribution in [0.4, 0.5) is 5.69 Å². The van der Waals surface area contributed by atoms with E-state index < -0.39 is 0 Å². The number of benzene rings is 1. The third-order valence-corrected chi connectivity index (χ3v) is 8.97. The molecule has 39 heavy (non-hydrogen) atoms. The fourth-order valence-corrected chi connectivity index (χ4v) is 6.71. The van der Waals surface area contributed by atoms with Gasteiger partial charge in [0.25, 0.3) is 0 Å². The highest BCUT2D eigenvalue weighted by atomic mass is 16.5. The summed E-state index contributed by atoms with van der Waals surface area (Å²) in [6, 6.07) is 8.73. The van der Waals surface area contributed by atoms with Crippen LogP contribution in [-0.2, 0) is 6.42 Å². The number of piperidine rings is 1. The van der Waals surface area contributed by atoms with Crippen LogP contribution in [0.15, 0.2) is 28.7 Å². The Morgan fingerprint density at radius 3 is 2.62 bits per heavy atom. The summed E-state index contributed by atoms with van der Waals surface area (Å²) in [4.78, 5) is 10.1. The van der Waals surface area contributed by atoms with E-state index in [0.717, 1.165) is 71.3 Å². The highest BCUT2D eigenvalue weighted by Gasteiger charge is 2.29. The van der Waals surface area contributed by atoms with Crippen molar-refractivity contribution in [2.75, 3.05) is 58.8 Å². The summed E-state index contributed by atoms with van der Waals surface area (Å²) in [5.74, 6) is 4.06. The van der Waals surface area contributed by atoms with Crippen molar-refractivity contribution in [2.24, 2.45) is 5.92 Å². The minimum absolute atomic E-state index is 0.468. The Morgan fingerprint density at radius 1 is 1.05 bits per heavy atom. The topological polar surface area (TPSA) is 63.0 Å². The number of furan rings is 1. The molecule has 1 N–H and O–H groups in total. The third-order valence-electron chi connectivity index (χ3n) is 8.97. The van der Waals surface area contributed by atoms with E-state index in [2.05, 4.69) is 34.3 Å². The van der Waals surface area contributed by atoms with Gasteiger partial charge in [-0.3, -0.25) is 0 Å². The second-order valence-corrected chi connectivity index (χ2v) is 11.9. The predicted octanol–water partition coefficient (Wildman–Crippen LogP) is 6.14. The molecule has 2 aromatic heterocycles. The average Bonchev–Trinajstić information content (AvgIpc) is 3.63. The Bertz CT molecular complexity index is 1270. The van der Waals surface area contributed by atoms with Gasteiger partial charge in [0, 0.05) is 35.3 Å². The molecule has 1 atom stereocenters. The maximum absolute atomic E-state index is 6.28. The number of likely N-dealkylation sites (tertiary alicyclic amines) is 2. The third kappa shape index (κ3) is 5.90. The van der Waals surface area contributed by atoms with Gasteiger partial charge in [-0.2, -0.15) is 0 Å². The fraction of sp³-hybridized carbons (Fsp3) is 0.594. The van der Waals surface area contributed by atoms with Crippen LogP contribution < -0.4 is 14.8 Å². The van der Waals surface area contributed by atoms with Crippen molar-refractivity contribution in [3.05, 3.63) is 35.6 Å². The predicted molar refractivity (Wildman–Crippen MR) is 157 cm³/mol. The van der Waals surface area contributed by atoms with Crippen molar-refractivity contribution < 1.29 is 13.9 Å². The summed E-state index contributed by atoms with van der Waals surface area (Å²) in [6.45, 7) is 8.61. The summed E-state index contributed by atoms with van der Waals surface area (Å²) >= 11 is 0. The number of hydrogen-bond donors (Lipinski definition) is 1. The number of aromatic nitrogens is 1. The van der Waals surface area contributed by atoms with Crippen LogP contribution in [0, 0.1) is 12.8 Å². The largest absolute Gasteiger partial charge is 0.493 e. The second-order valence-electron chi connectivity index (χ2n) is 11.9. The van der Waals surface area contributed by atoms with E-state index in [1.807, 2.05) is 19.1 Å². The van der Waals surface area contributed by atoms with Crippen molar-refractivity contribution in [1.29, 1.82) is 0 Å². The first-order valence-electron chi connectivity index (χ1n) is 15.0. The van der Waals surface area contributed by atoms with Crippen LogP contribution >= 0.6 is 0 Å². The van der Waals surface area contributed by atoms with Crippen molar-refractivity contribution >= 4 is 16.6 Å². The molecule has 7 nitrogen and oxygen atoms in total. The van der Waals surface area contributed by atoms with E-state index in [1.165, 1.54) is 69.5 Å². The molecule has 0 aliphatic carbocycles. The Labute approximate surface area is 232 Å². The van der Waals surface area contributed by atoms with Gasteiger partial charge >= 0.3 is 0 Å². The first-order valence-corrected chi connectivity index (χ1v) is 15.0. The molecule has 3 aromatic rings. The van der Waals surface area contributed by atoms with E-state index in [4.69, 9.17) is 18.9 Å². The number of nitrogens with zero attached hydrogens (tertiary/aromatic N) is 3. The van der Waals surface area contributed by atoms with Crippen LogP contribution in [0.3, 0.4) is 0 Å². The molecule has 3 aliphatic heterocycles. The van der Waals surface area contributed by atoms with E-state index in [0.29, 0.717) is 12.6 Å². The molecule has 1 aromatic carbocycles. The van der Waals surface area contributed by atoms with E-state index in [1.54, 1.807) is 7.11 Å². The smallest absolute Gasteiger partial charge is 0.163 e. The molecule has 0 amide bonds. The lowest BCUT2D eigenvalue weighted by Crippen LogP contribution is -2.34. The highest BCUT2D eigenvalue weighted by molar-refractivity contribution is 5.98. The average molecular weight is 533 g/mol. The lowest BCUT2D eigenvalue weighted by atomic mass is 9.85. The number of rotatable bonds is 9. The molecule has 2 saturated heterocycles. The fourth-order valence-electron chi connectivity index (χ4n) is 6.71. The van der Waals surface area contributed by atoms with Crippen molar-refractivity contribution in [1.82, 2.24) is 14.8 Å². The molecular weight excluding hydrogens is 488 g/mol. The first kappa shape index (κ1) is 26.5. The minimum atomic E-state index is 0.468. The minimum Gasteiger partial charge on any atom is -0.493 e. The number of aryl methyl sites for hydroxylation is 1. The van der Waals surface area contributed by atoms with Gasteiger partial charge in [0.1, 0.15) is 11.5 Å². The van der Waals surface area contributed by atoms with Gasteiger partial charge in [0.2, 0.25) is 0 Å². The Balaban J connectivity index is 1.29. The van der Waals surface area contributed by atoms with E-state index >= 15 is 0 Å². The van der Waals surface area contributed by atoms with Crippen LogP contribution in [0.1, 0.15) is 56.3 Å². The van der Waals surface area contributed by atoms with Crippen molar-refractivity contribution in [3.63, 3.8) is 0 Å². The van der Waals surface area contributed by atoms with Crippen LogP contribution in [0.2, 0.25) is 0 Å². The van der Waals surface area contributed by atoms with Crippen molar-refractivity contribution in [3.8, 4) is 23.0 Å². The molecule has 5 heterocycles. The molecule has 210 valence electrons. The Hall–Kier alpha value is -2.77. The van der Waals surface area contributed by atoms with Crippen molar-refractivity contribution in [2.45, 2.75) is 64.3 Å². The van der Waals surface area contributed by atoms with Gasteiger partial charge in [-0.15, -0.1) is 0 Å². The van der Waals surface area contributed by atoms with Crippen LogP contribution in [0.5, 0.6) is 11.5 Å². The molecule has 3 aliphatic rings. The molecule has 0 unspecified atom stereocenters. The lowest BCUT2D eigenvalue weighted by molar-refractivity contribution is 0.206. The monoisotopic (exact) mass is 532 g/mol. The number of anilines is 1. The zero-order chi connectivity index (χ0) is 26.8. The van der Waals surface area contributed by atoms with E-state index in [-0.39, 0.29) is 0 Å². The number of methoxy groups -OCH3 is 1. The Kier molecular flexibility index (Phi) is 7.98. The zero-order valence-electron chi connectivity index (χ0n) is 23.9. The quantitative estimate of drug-likeness (QED) is 0.332. The van der Waals surface area contributed by atoms with Crippen LogP contribution in [-0.4, -0.2) is 74.3 Å². The highest BCUT2D eigenvalue weighted by Crippen LogP contribution is 2.43. The number of fused-ring (bicyclic) bond motifs is 3. The van der Waals surface area contributed by atoms with Gasteiger partial charge in [0.05, 0.1) is 19.2 Å². The van der Waals surface area contributed by atoms with E-state index in [9.17, 15) is 0 Å². The number of nitrogens with one attached hydrogen (secondary N) is 1. The molecule has 7 heteroatoms. The summed E-state index contributed by atoms with van der Waals surface area (Å²) in [7, 11) is 3.97. The molecule has 0 spiro atoms. The lowest BCUT2D eigenvalue weighted by Gasteiger charge is -2.35. The normalized spacial score (nSPS) is 20.7. The number of hydrogen-bond acceptors (Lipinski definition) is 7. The molecular formula is C32H44N4O3. The van der Waals surface area contributed by atoms with Crippen LogP contribution in [0.25, 0.3) is 22.4 Å². The summed E-state index contributed by atoms with van der Waals surface area (Å²) in [6.07, 6.45) is 9.57. The maximum atomic E-state index is 6.28.